The molecule has 0 radical (unpaired) electrons. The molecule has 3 aromatic carbocycles. The molecule has 0 aliphatic heterocycles. The third-order valence-electron chi connectivity index (χ3n) is 3.52. The Morgan fingerprint density at radius 3 is 0.486 bits per heavy atom. The van der Waals surface area contributed by atoms with Gasteiger partial charge in [-0.2, -0.15) is 9.79 Å². The van der Waals surface area contributed by atoms with E-state index in [1.54, 1.807) is 0 Å². The molecule has 37 heavy (non-hydrogen) atoms. The molecule has 0 fully saturated rings. The van der Waals surface area contributed by atoms with Crippen molar-refractivity contribution < 1.29 is 81.3 Å². The molecule has 202 valence electrons. The fourth-order valence-electron chi connectivity index (χ4n) is 1.76. The second-order valence-corrected chi connectivity index (χ2v) is 7.35. The average Bonchev–Trinajstić information content (AvgIpc) is 2.87. The van der Waals surface area contributed by atoms with Crippen molar-refractivity contribution in [1.29, 1.82) is 0 Å². The van der Waals surface area contributed by atoms with Crippen LogP contribution in [-0.2, 0) is 70.3 Å². The van der Waals surface area contributed by atoms with Gasteiger partial charge in [-0.1, -0.05) is 9.79 Å². The summed E-state index contributed by atoms with van der Waals surface area (Å²) < 4.78 is 172. The summed E-state index contributed by atoms with van der Waals surface area (Å²) in [6.45, 7) is 0. The van der Waals surface area contributed by atoms with E-state index in [4.69, 9.17) is 0 Å². The number of benzene rings is 3. The Kier molecular flexibility index (Phi) is 13.2. The molecule has 0 amide bonds. The van der Waals surface area contributed by atoms with Gasteiger partial charge in [0.1, 0.15) is 34.9 Å². The standard InChI is InChI=1S/2C6HF5S.C6H2F4S2.Os/c3*7-1-2(8)4(10)6(12)5(11)3(1)9;/h2*12H;11-12H;/q;;;+4/p-4. The molecule has 0 unspecified atom stereocenters. The maximum atomic E-state index is 12.5. The van der Waals surface area contributed by atoms with Crippen molar-refractivity contribution in [3.63, 3.8) is 0 Å². The third kappa shape index (κ3) is 7.19. The van der Waals surface area contributed by atoms with E-state index in [0.29, 0.717) is 0 Å². The zero-order chi connectivity index (χ0) is 28.4. The summed E-state index contributed by atoms with van der Waals surface area (Å²) in [6.07, 6.45) is 0. The van der Waals surface area contributed by atoms with Crippen molar-refractivity contribution in [3.8, 4) is 0 Å². The van der Waals surface area contributed by atoms with Crippen LogP contribution >= 0.6 is 0 Å². The smallest absolute Gasteiger partial charge is 0.778 e. The van der Waals surface area contributed by atoms with E-state index >= 15 is 0 Å². The van der Waals surface area contributed by atoms with Gasteiger partial charge >= 0.3 is 19.8 Å². The Labute approximate surface area is 232 Å². The Bertz CT molecular complexity index is 860. The summed E-state index contributed by atoms with van der Waals surface area (Å²) in [6, 6.07) is 0. The molecule has 0 N–H and O–H groups in total. The first-order chi connectivity index (χ1) is 16.4. The van der Waals surface area contributed by atoms with Gasteiger partial charge in [-0.25, -0.2) is 61.5 Å². The normalized spacial score (nSPS) is 10.1. The number of hydrogen-bond donors (Lipinski definition) is 0. The Morgan fingerprint density at radius 2 is 0.324 bits per heavy atom. The maximum absolute atomic E-state index is 12.5. The molecule has 19 heteroatoms. The minimum Gasteiger partial charge on any atom is -0.778 e. The molecule has 0 saturated heterocycles. The number of rotatable bonds is 0. The van der Waals surface area contributed by atoms with E-state index in [1.165, 1.54) is 0 Å². The van der Waals surface area contributed by atoms with Crippen LogP contribution in [0.4, 0.5) is 61.5 Å². The fraction of sp³-hybridized carbons (Fsp3) is 0. The second kappa shape index (κ2) is 13.8. The molecule has 0 aromatic heterocycles. The summed E-state index contributed by atoms with van der Waals surface area (Å²) in [4.78, 5) is -4.18. The summed E-state index contributed by atoms with van der Waals surface area (Å²) in [5.74, 6) is -27.4. The van der Waals surface area contributed by atoms with Gasteiger partial charge < -0.3 is 50.5 Å². The van der Waals surface area contributed by atoms with Crippen LogP contribution in [0.5, 0.6) is 0 Å². The van der Waals surface area contributed by atoms with Gasteiger partial charge in [0.2, 0.25) is 0 Å². The predicted molar refractivity (Wildman–Crippen MR) is 101 cm³/mol. The summed E-state index contributed by atoms with van der Waals surface area (Å²) in [5.41, 5.74) is 0. The zero-order valence-electron chi connectivity index (χ0n) is 16.3. The van der Waals surface area contributed by atoms with Gasteiger partial charge in [0.15, 0.2) is 46.5 Å². The molecular formula is C18F14OsS4. The van der Waals surface area contributed by atoms with Gasteiger partial charge in [0.25, 0.3) is 0 Å². The first-order valence-electron chi connectivity index (χ1n) is 7.96. The Balaban J connectivity index is 0.000000518. The van der Waals surface area contributed by atoms with Crippen LogP contribution in [0.15, 0.2) is 19.6 Å². The fourth-order valence-corrected chi connectivity index (χ4v) is 2.48. The predicted octanol–water partition coefficient (Wildman–Crippen LogP) is 6.63. The SMILES string of the molecule is Fc1c(F)c(F)c([S-])c(F)c1F.Fc1c(F)c(F)c([S-])c(F)c1F.Fc1c(F)c(F)c([S-])c([S-])c1F.[Os+4]. The molecule has 0 aliphatic carbocycles. The molecule has 0 saturated carbocycles. The van der Waals surface area contributed by atoms with Crippen LogP contribution in [-0.4, -0.2) is 0 Å². The van der Waals surface area contributed by atoms with Crippen molar-refractivity contribution in [2.75, 3.05) is 0 Å². The summed E-state index contributed by atoms with van der Waals surface area (Å²) in [5, 5.41) is 0. The van der Waals surface area contributed by atoms with Crippen molar-refractivity contribution in [3.05, 3.63) is 81.4 Å². The van der Waals surface area contributed by atoms with Gasteiger partial charge in [0.05, 0.1) is 0 Å². The monoisotopic (exact) mass is 802 g/mol. The third-order valence-corrected chi connectivity index (χ3v) is 5.13. The molecule has 0 atom stereocenters. The molecule has 3 aromatic rings. The number of halogens is 14. The quantitative estimate of drug-likeness (QED) is 0.109. The second-order valence-electron chi connectivity index (χ2n) is 5.71. The van der Waals surface area contributed by atoms with Crippen molar-refractivity contribution in [1.82, 2.24) is 0 Å². The summed E-state index contributed by atoms with van der Waals surface area (Å²) >= 11 is 16.3. The van der Waals surface area contributed by atoms with E-state index in [0.717, 1.165) is 0 Å². The van der Waals surface area contributed by atoms with E-state index in [1.807, 2.05) is 0 Å². The molecule has 3 rings (SSSR count). The Morgan fingerprint density at radius 1 is 0.216 bits per heavy atom. The van der Waals surface area contributed by atoms with Crippen molar-refractivity contribution in [2.45, 2.75) is 19.6 Å². The first kappa shape index (κ1) is 35.2. The zero-order valence-corrected chi connectivity index (χ0v) is 22.1. The maximum Gasteiger partial charge on any atom is 4.00 e. The topological polar surface area (TPSA) is 0 Å². The Hall–Kier alpha value is -1.80. The van der Waals surface area contributed by atoms with E-state index < -0.39 is 101 Å². The molecule has 0 spiro atoms. The van der Waals surface area contributed by atoms with Crippen molar-refractivity contribution in [2.24, 2.45) is 0 Å². The summed E-state index contributed by atoms with van der Waals surface area (Å²) in [7, 11) is 0. The molecule has 0 nitrogen and oxygen atoms in total. The van der Waals surface area contributed by atoms with Crippen LogP contribution in [0.3, 0.4) is 0 Å². The average molecular weight is 801 g/mol. The molecule has 0 heterocycles. The van der Waals surface area contributed by atoms with Crippen LogP contribution in [0.25, 0.3) is 0 Å². The van der Waals surface area contributed by atoms with Gasteiger partial charge in [-0.15, -0.1) is 0 Å². The van der Waals surface area contributed by atoms with Gasteiger partial charge in [-0.3, -0.25) is 0 Å². The molecule has 0 bridgehead atoms. The number of hydrogen-bond acceptors (Lipinski definition) is 4. The minimum atomic E-state index is -2.20. The van der Waals surface area contributed by atoms with Crippen LogP contribution in [0.1, 0.15) is 0 Å². The van der Waals surface area contributed by atoms with Crippen LogP contribution in [0, 0.1) is 81.4 Å². The van der Waals surface area contributed by atoms with E-state index in [9.17, 15) is 61.5 Å². The van der Waals surface area contributed by atoms with Crippen LogP contribution in [0.2, 0.25) is 0 Å². The van der Waals surface area contributed by atoms with E-state index in [-0.39, 0.29) is 19.8 Å². The van der Waals surface area contributed by atoms with Crippen LogP contribution < -0.4 is 0 Å². The minimum absolute atomic E-state index is 0. The van der Waals surface area contributed by atoms with Gasteiger partial charge in [-0.05, 0) is 0 Å². The molecular weight excluding hydrogens is 801 g/mol. The van der Waals surface area contributed by atoms with Crippen molar-refractivity contribution >= 4 is 50.5 Å². The van der Waals surface area contributed by atoms with Gasteiger partial charge in [0, 0.05) is 0 Å². The van der Waals surface area contributed by atoms with E-state index in [2.05, 4.69) is 50.5 Å². The largest absolute Gasteiger partial charge is 4.00 e. The molecule has 0 aliphatic rings. The first-order valence-corrected chi connectivity index (χ1v) is 9.60.